The van der Waals surface area contributed by atoms with Crippen LogP contribution in [0.3, 0.4) is 0 Å². The van der Waals surface area contributed by atoms with Crippen LogP contribution in [0.1, 0.15) is 38.2 Å². The van der Waals surface area contributed by atoms with Crippen LogP contribution in [0.5, 0.6) is 5.75 Å². The Balaban J connectivity index is 1.54. The van der Waals surface area contributed by atoms with Crippen LogP contribution in [-0.4, -0.2) is 29.4 Å². The molecule has 1 N–H and O–H groups in total. The highest BCUT2D eigenvalue weighted by Gasteiger charge is 2.36. The summed E-state index contributed by atoms with van der Waals surface area (Å²) in [6.07, 6.45) is 0. The van der Waals surface area contributed by atoms with Crippen molar-refractivity contribution in [1.29, 1.82) is 0 Å². The summed E-state index contributed by atoms with van der Waals surface area (Å²) < 4.78 is 25.0. The summed E-state index contributed by atoms with van der Waals surface area (Å²) in [7, 11) is 0. The molecule has 0 unspecified atom stereocenters. The van der Waals surface area contributed by atoms with Crippen LogP contribution in [-0.2, 0) is 22.7 Å². The zero-order valence-electron chi connectivity index (χ0n) is 17.7. The van der Waals surface area contributed by atoms with E-state index in [4.69, 9.17) is 9.47 Å². The van der Waals surface area contributed by atoms with Crippen LogP contribution in [0.4, 0.5) is 10.1 Å². The Hall–Kier alpha value is -4.04. The highest BCUT2D eigenvalue weighted by molar-refractivity contribution is 6.54. The van der Waals surface area contributed by atoms with Crippen molar-refractivity contribution in [3.8, 4) is 5.75 Å². The molecule has 33 heavy (non-hydrogen) atoms. The van der Waals surface area contributed by atoms with Crippen molar-refractivity contribution >= 4 is 23.1 Å². The van der Waals surface area contributed by atoms with Gasteiger partial charge in [0, 0.05) is 27.8 Å². The normalized spacial score (nSPS) is 15.9. The fourth-order valence-corrected chi connectivity index (χ4v) is 4.24. The first-order chi connectivity index (χ1) is 16.0. The van der Waals surface area contributed by atoms with Crippen LogP contribution in [0, 0.1) is 12.7 Å². The molecule has 0 atom stereocenters. The average Bonchev–Trinajstić information content (AvgIpc) is 3.08. The number of hydrogen-bond acceptors (Lipinski definition) is 6. The van der Waals surface area contributed by atoms with Crippen molar-refractivity contribution in [1.82, 2.24) is 0 Å². The molecule has 0 aliphatic carbocycles. The van der Waals surface area contributed by atoms with Crippen molar-refractivity contribution in [2.45, 2.75) is 20.1 Å². The first-order valence-corrected chi connectivity index (χ1v) is 10.3. The molecular weight excluding hydrogens is 427 g/mol. The van der Waals surface area contributed by atoms with Gasteiger partial charge in [0.2, 0.25) is 0 Å². The zero-order chi connectivity index (χ0) is 23.1. The molecule has 0 saturated heterocycles. The van der Waals surface area contributed by atoms with Crippen molar-refractivity contribution in [2.24, 2.45) is 5.16 Å². The smallest absolute Gasteiger partial charge is 0.281 e. The number of amides is 1. The second-order valence-corrected chi connectivity index (χ2v) is 7.88. The SMILES string of the molecule is Cc1ccccc1C(=O)c1ccc2c(c1)/C(=N/O)C(=O)N2Cc1cc(F)cc2c1OCOC2. The largest absolute Gasteiger partial charge is 0.467 e. The molecule has 3 aromatic rings. The summed E-state index contributed by atoms with van der Waals surface area (Å²) in [5, 5.41) is 12.7. The minimum absolute atomic E-state index is 0.00394. The number of carbonyl (C=O) groups is 2. The van der Waals surface area contributed by atoms with Crippen LogP contribution in [0.25, 0.3) is 0 Å². The molecule has 166 valence electrons. The standard InChI is InChI=1S/C25H19FN2O5/c1-14-4-2-3-5-19(14)23(29)15-6-7-21-20(10-15)22(27-31)25(30)28(21)11-16-8-18(26)9-17-12-32-13-33-24(16)17/h2-10,31H,11-13H2,1H3/b27-22-. The van der Waals surface area contributed by atoms with Gasteiger partial charge in [-0.05, 0) is 42.8 Å². The summed E-state index contributed by atoms with van der Waals surface area (Å²) in [5.74, 6) is -0.762. The number of halogens is 1. The molecule has 5 rings (SSSR count). The van der Waals surface area contributed by atoms with Gasteiger partial charge in [0.15, 0.2) is 18.3 Å². The summed E-state index contributed by atoms with van der Waals surface area (Å²) in [4.78, 5) is 27.5. The monoisotopic (exact) mass is 446 g/mol. The van der Waals surface area contributed by atoms with Crippen molar-refractivity contribution in [3.05, 3.63) is 93.8 Å². The Morgan fingerprint density at radius 3 is 2.79 bits per heavy atom. The third-order valence-corrected chi connectivity index (χ3v) is 5.82. The van der Waals surface area contributed by atoms with E-state index in [0.717, 1.165) is 5.56 Å². The molecule has 2 heterocycles. The molecule has 2 aliphatic rings. The number of rotatable bonds is 4. The molecule has 7 nitrogen and oxygen atoms in total. The van der Waals surface area contributed by atoms with Gasteiger partial charge in [0.05, 0.1) is 18.8 Å². The molecule has 0 spiro atoms. The number of fused-ring (bicyclic) bond motifs is 2. The fraction of sp³-hybridized carbons (Fsp3) is 0.160. The van der Waals surface area contributed by atoms with Crippen molar-refractivity contribution < 1.29 is 28.7 Å². The van der Waals surface area contributed by atoms with E-state index in [1.807, 2.05) is 19.1 Å². The number of benzene rings is 3. The van der Waals surface area contributed by atoms with Gasteiger partial charge >= 0.3 is 0 Å². The van der Waals surface area contributed by atoms with E-state index < -0.39 is 11.7 Å². The number of aryl methyl sites for hydroxylation is 1. The number of carbonyl (C=O) groups excluding carboxylic acids is 2. The third kappa shape index (κ3) is 3.54. The first-order valence-electron chi connectivity index (χ1n) is 10.3. The van der Waals surface area contributed by atoms with Gasteiger partial charge in [-0.1, -0.05) is 29.4 Å². The summed E-state index contributed by atoms with van der Waals surface area (Å²) in [6, 6.07) is 14.7. The minimum atomic E-state index is -0.557. The molecule has 0 aromatic heterocycles. The number of oxime groups is 1. The van der Waals surface area contributed by atoms with Gasteiger partial charge in [-0.15, -0.1) is 0 Å². The lowest BCUT2D eigenvalue weighted by atomic mass is 9.97. The van der Waals surface area contributed by atoms with E-state index in [-0.39, 0.29) is 31.4 Å². The minimum Gasteiger partial charge on any atom is -0.467 e. The number of ketones is 1. The highest BCUT2D eigenvalue weighted by atomic mass is 19.1. The maximum absolute atomic E-state index is 14.2. The van der Waals surface area contributed by atoms with Crippen LogP contribution in [0.15, 0.2) is 59.8 Å². The lowest BCUT2D eigenvalue weighted by Crippen LogP contribution is -2.30. The Kier molecular flexibility index (Phi) is 5.14. The van der Waals surface area contributed by atoms with Gasteiger partial charge in [-0.2, -0.15) is 0 Å². The van der Waals surface area contributed by atoms with E-state index in [0.29, 0.717) is 39.3 Å². The Labute approximate surface area is 188 Å². The molecule has 1 amide bonds. The van der Waals surface area contributed by atoms with Gasteiger partial charge in [0.25, 0.3) is 5.91 Å². The maximum atomic E-state index is 14.2. The number of hydrogen-bond donors (Lipinski definition) is 1. The Morgan fingerprint density at radius 1 is 1.18 bits per heavy atom. The molecule has 8 heteroatoms. The summed E-state index contributed by atoms with van der Waals surface area (Å²) >= 11 is 0. The first kappa shape index (κ1) is 20.8. The van der Waals surface area contributed by atoms with Crippen molar-refractivity contribution in [2.75, 3.05) is 11.7 Å². The molecule has 2 aliphatic heterocycles. The number of nitrogens with zero attached hydrogens (tertiary/aromatic N) is 2. The van der Waals surface area contributed by atoms with Gasteiger partial charge in [-0.3, -0.25) is 9.59 Å². The lowest BCUT2D eigenvalue weighted by molar-refractivity contribution is -0.112. The molecule has 0 saturated carbocycles. The van der Waals surface area contributed by atoms with Crippen LogP contribution in [0.2, 0.25) is 0 Å². The predicted octanol–water partition coefficient (Wildman–Crippen LogP) is 3.96. The molecule has 3 aromatic carbocycles. The second-order valence-electron chi connectivity index (χ2n) is 7.88. The molecule has 0 bridgehead atoms. The fourth-order valence-electron chi connectivity index (χ4n) is 4.24. The van der Waals surface area contributed by atoms with Gasteiger partial charge < -0.3 is 19.6 Å². The van der Waals surface area contributed by atoms with E-state index in [1.54, 1.807) is 30.3 Å². The Bertz CT molecular complexity index is 1330. The second kappa shape index (κ2) is 8.14. The van der Waals surface area contributed by atoms with E-state index in [2.05, 4.69) is 5.16 Å². The summed E-state index contributed by atoms with van der Waals surface area (Å²) in [5.41, 5.74) is 3.37. The third-order valence-electron chi connectivity index (χ3n) is 5.82. The van der Waals surface area contributed by atoms with Crippen LogP contribution >= 0.6 is 0 Å². The lowest BCUT2D eigenvalue weighted by Gasteiger charge is -2.24. The van der Waals surface area contributed by atoms with E-state index in [9.17, 15) is 19.2 Å². The summed E-state index contributed by atoms with van der Waals surface area (Å²) in [6.45, 7) is 2.08. The average molecular weight is 446 g/mol. The Morgan fingerprint density at radius 2 is 2.00 bits per heavy atom. The molecular formula is C25H19FN2O5. The zero-order valence-corrected chi connectivity index (χ0v) is 17.7. The van der Waals surface area contributed by atoms with Crippen LogP contribution < -0.4 is 9.64 Å². The number of anilines is 1. The van der Waals surface area contributed by atoms with Gasteiger partial charge in [-0.25, -0.2) is 4.39 Å². The highest BCUT2D eigenvalue weighted by Crippen LogP contribution is 2.36. The molecule has 0 fully saturated rings. The quantitative estimate of drug-likeness (QED) is 0.372. The van der Waals surface area contributed by atoms with Gasteiger partial charge in [0.1, 0.15) is 11.6 Å². The molecule has 0 radical (unpaired) electrons. The van der Waals surface area contributed by atoms with Crippen molar-refractivity contribution in [3.63, 3.8) is 0 Å². The predicted molar refractivity (Wildman–Crippen MR) is 117 cm³/mol. The van der Waals surface area contributed by atoms with E-state index >= 15 is 0 Å². The number of ether oxygens (including phenoxy) is 2. The maximum Gasteiger partial charge on any atom is 0.281 e. The topological polar surface area (TPSA) is 88.4 Å². The van der Waals surface area contributed by atoms with E-state index in [1.165, 1.54) is 17.0 Å².